The predicted molar refractivity (Wildman–Crippen MR) is 24.3 cm³/mol. The molecule has 1 radical (unpaired) electrons. The van der Waals surface area contributed by atoms with Crippen LogP contribution in [0, 0.1) is 0 Å². The van der Waals surface area contributed by atoms with Gasteiger partial charge in [0.05, 0.1) is 0 Å². The molecule has 3 heteroatoms. The number of aromatic amines is 1. The fourth-order valence-electron chi connectivity index (χ4n) is 0.215. The van der Waals surface area contributed by atoms with E-state index >= 15 is 0 Å². The second-order valence-electron chi connectivity index (χ2n) is 0.766. The Morgan fingerprint density at radius 2 is 2.33 bits per heavy atom. The maximum Gasteiger partial charge on any atom is 0.0487 e. The third-order valence-corrected chi connectivity index (χ3v) is 0.406. The van der Waals surface area contributed by atoms with E-state index in [4.69, 9.17) is 0 Å². The molecule has 1 aromatic rings. The molecule has 0 bridgehead atoms. The average Bonchev–Trinajstić information content (AvgIpc) is 1.76. The zero-order valence-corrected chi connectivity index (χ0v) is 5.68. The molecule has 1 aromatic heterocycles. The number of rotatable bonds is 0. The van der Waals surface area contributed by atoms with Gasteiger partial charge in [0, 0.05) is 42.0 Å². The van der Waals surface area contributed by atoms with Gasteiger partial charge < -0.3 is 0 Å². The van der Waals surface area contributed by atoms with Crippen molar-refractivity contribution in [3.8, 4) is 0 Å². The fraction of sp³-hybridized carbons (Fsp3) is 0. The topological polar surface area (TPSA) is 28.7 Å². The van der Waals surface area contributed by atoms with Crippen molar-refractivity contribution < 1.29 is 0 Å². The molecule has 1 N–H and O–H groups in total. The van der Waals surface area contributed by atoms with Gasteiger partial charge in [-0.15, -0.1) is 0 Å². The molecule has 0 unspecified atom stereocenters. The van der Waals surface area contributed by atoms with Crippen molar-refractivity contribution in [2.24, 2.45) is 0 Å². The van der Waals surface area contributed by atoms with Crippen molar-refractivity contribution in [2.75, 3.05) is 0 Å². The van der Waals surface area contributed by atoms with E-state index in [1.165, 1.54) is 0 Å². The summed E-state index contributed by atoms with van der Waals surface area (Å²) in [5.74, 6) is 0. The normalized spacial score (nSPS) is 6.67. The molecule has 1 heterocycles. The third-order valence-electron chi connectivity index (χ3n) is 0.406. The molecule has 27 valence electrons. The molecule has 1 rings (SSSR count). The van der Waals surface area contributed by atoms with Gasteiger partial charge in [-0.2, -0.15) is 5.10 Å². The van der Waals surface area contributed by atoms with Crippen LogP contribution < -0.4 is 0 Å². The first-order valence-corrected chi connectivity index (χ1v) is 1.44. The Bertz CT molecular complexity index is 65.3. The van der Waals surface area contributed by atoms with Crippen molar-refractivity contribution >= 4 is 29.6 Å². The van der Waals surface area contributed by atoms with Gasteiger partial charge in [0.2, 0.25) is 0 Å². The Morgan fingerprint density at radius 3 is 2.50 bits per heavy atom. The van der Waals surface area contributed by atoms with Gasteiger partial charge in [0.15, 0.2) is 0 Å². The second kappa shape index (κ2) is 3.40. The van der Waals surface area contributed by atoms with Crippen LogP contribution in [0.3, 0.4) is 0 Å². The molecule has 0 fully saturated rings. The molecule has 0 aliphatic rings. The summed E-state index contributed by atoms with van der Waals surface area (Å²) in [6.45, 7) is 0. The molecular weight excluding hydrogens is 87.0 g/mol. The molecule has 6 heavy (non-hydrogen) atoms. The standard InChI is InChI=1S/C3H4N2.Na/c1-2-4-5-3-1;/h1-3H,(H,4,5);. The van der Waals surface area contributed by atoms with E-state index in [2.05, 4.69) is 10.2 Å². The van der Waals surface area contributed by atoms with Crippen LogP contribution in [0.15, 0.2) is 18.5 Å². The number of nitrogens with one attached hydrogen (secondary N) is 1. The monoisotopic (exact) mass is 91.0 g/mol. The summed E-state index contributed by atoms with van der Waals surface area (Å²) < 4.78 is 0. The Hall–Kier alpha value is 0.210. The maximum absolute atomic E-state index is 3.60. The van der Waals surface area contributed by atoms with E-state index in [1.54, 1.807) is 12.4 Å². The van der Waals surface area contributed by atoms with Crippen LogP contribution in [-0.4, -0.2) is 39.8 Å². The first-order chi connectivity index (χ1) is 2.50. The third kappa shape index (κ3) is 1.60. The SMILES string of the molecule is [Na].c1cn[nH]c1. The zero-order valence-electron chi connectivity index (χ0n) is 3.68. The summed E-state index contributed by atoms with van der Waals surface area (Å²) in [4.78, 5) is 0. The van der Waals surface area contributed by atoms with Crippen LogP contribution in [0.2, 0.25) is 0 Å². The van der Waals surface area contributed by atoms with E-state index in [-0.39, 0.29) is 29.6 Å². The van der Waals surface area contributed by atoms with E-state index in [9.17, 15) is 0 Å². The fourth-order valence-corrected chi connectivity index (χ4v) is 0.215. The quantitative estimate of drug-likeness (QED) is 0.448. The molecule has 0 aromatic carbocycles. The van der Waals surface area contributed by atoms with Crippen LogP contribution in [0.4, 0.5) is 0 Å². The molecule has 0 spiro atoms. The number of hydrogen-bond acceptors (Lipinski definition) is 1. The zero-order chi connectivity index (χ0) is 3.54. The van der Waals surface area contributed by atoms with Crippen molar-refractivity contribution in [2.45, 2.75) is 0 Å². The van der Waals surface area contributed by atoms with E-state index in [1.807, 2.05) is 6.07 Å². The minimum atomic E-state index is 0. The number of aromatic nitrogens is 2. The van der Waals surface area contributed by atoms with Crippen LogP contribution in [0.25, 0.3) is 0 Å². The van der Waals surface area contributed by atoms with Crippen LogP contribution >= 0.6 is 0 Å². The summed E-state index contributed by atoms with van der Waals surface area (Å²) in [5, 5.41) is 6.21. The second-order valence-corrected chi connectivity index (χ2v) is 0.766. The van der Waals surface area contributed by atoms with E-state index < -0.39 is 0 Å². The first kappa shape index (κ1) is 6.21. The first-order valence-electron chi connectivity index (χ1n) is 1.44. The molecule has 0 atom stereocenters. The van der Waals surface area contributed by atoms with Crippen molar-refractivity contribution in [1.82, 2.24) is 10.2 Å². The molecule has 2 nitrogen and oxygen atoms in total. The summed E-state index contributed by atoms with van der Waals surface area (Å²) >= 11 is 0. The summed E-state index contributed by atoms with van der Waals surface area (Å²) in [6, 6.07) is 1.83. The predicted octanol–water partition coefficient (Wildman–Crippen LogP) is 0.0289. The minimum absolute atomic E-state index is 0. The summed E-state index contributed by atoms with van der Waals surface area (Å²) in [5.41, 5.74) is 0. The van der Waals surface area contributed by atoms with Crippen LogP contribution in [-0.2, 0) is 0 Å². The molecule has 0 saturated heterocycles. The van der Waals surface area contributed by atoms with Gasteiger partial charge in [-0.25, -0.2) is 0 Å². The molecule has 0 amide bonds. The smallest absolute Gasteiger partial charge is 0.0487 e. The molecular formula is C3H4N2Na. The summed E-state index contributed by atoms with van der Waals surface area (Å²) in [7, 11) is 0. The van der Waals surface area contributed by atoms with Crippen LogP contribution in [0.1, 0.15) is 0 Å². The number of hydrogen-bond donors (Lipinski definition) is 1. The molecule has 0 aliphatic carbocycles. The molecule has 0 aliphatic heterocycles. The Labute approximate surface area is 58.2 Å². The Balaban J connectivity index is 0.000000250. The minimum Gasteiger partial charge on any atom is -0.286 e. The van der Waals surface area contributed by atoms with Gasteiger partial charge in [-0.1, -0.05) is 0 Å². The van der Waals surface area contributed by atoms with Gasteiger partial charge >= 0.3 is 0 Å². The largest absolute Gasteiger partial charge is 0.286 e. The van der Waals surface area contributed by atoms with Gasteiger partial charge in [0.1, 0.15) is 0 Å². The number of nitrogens with zero attached hydrogens (tertiary/aromatic N) is 1. The van der Waals surface area contributed by atoms with Gasteiger partial charge in [-0.05, 0) is 6.07 Å². The van der Waals surface area contributed by atoms with Crippen molar-refractivity contribution in [3.63, 3.8) is 0 Å². The van der Waals surface area contributed by atoms with E-state index in [0.717, 1.165) is 0 Å². The van der Waals surface area contributed by atoms with Gasteiger partial charge in [0.25, 0.3) is 0 Å². The average molecular weight is 91.1 g/mol. The summed E-state index contributed by atoms with van der Waals surface area (Å²) in [6.07, 6.45) is 3.46. The van der Waals surface area contributed by atoms with Crippen LogP contribution in [0.5, 0.6) is 0 Å². The Morgan fingerprint density at radius 1 is 1.50 bits per heavy atom. The van der Waals surface area contributed by atoms with Crippen molar-refractivity contribution in [1.29, 1.82) is 0 Å². The van der Waals surface area contributed by atoms with Crippen molar-refractivity contribution in [3.05, 3.63) is 18.5 Å². The maximum atomic E-state index is 3.60. The number of H-pyrrole nitrogens is 1. The van der Waals surface area contributed by atoms with Gasteiger partial charge in [-0.3, -0.25) is 5.10 Å². The van der Waals surface area contributed by atoms with E-state index in [0.29, 0.717) is 0 Å². The molecule has 0 saturated carbocycles. The Kier molecular flexibility index (Phi) is 3.52.